The van der Waals surface area contributed by atoms with Crippen LogP contribution >= 0.6 is 17.2 Å². The molecule has 1 saturated heterocycles. The van der Waals surface area contributed by atoms with Gasteiger partial charge in [-0.05, 0) is 0 Å². The second-order valence-corrected chi connectivity index (χ2v) is 3.80. The summed E-state index contributed by atoms with van der Waals surface area (Å²) in [6, 6.07) is 0. The summed E-state index contributed by atoms with van der Waals surface area (Å²) in [6.45, 7) is 0. The molecule has 1 aliphatic rings. The zero-order valence-corrected chi connectivity index (χ0v) is 5.19. The van der Waals surface area contributed by atoms with Crippen LogP contribution in [-0.2, 0) is 13.7 Å². The summed E-state index contributed by atoms with van der Waals surface area (Å²) in [5.74, 6) is 0. The van der Waals surface area contributed by atoms with Crippen LogP contribution in [0.4, 0.5) is 0 Å². The summed E-state index contributed by atoms with van der Waals surface area (Å²) in [7, 11) is -2.74. The molecule has 52 valence electrons. The van der Waals surface area contributed by atoms with Crippen molar-refractivity contribution in [2.75, 3.05) is 0 Å². The Bertz CT molecular complexity index is 97.1. The van der Waals surface area contributed by atoms with Crippen LogP contribution in [0.5, 0.6) is 0 Å². The van der Waals surface area contributed by atoms with E-state index < -0.39 is 7.74 Å². The van der Waals surface area contributed by atoms with E-state index in [0.29, 0.717) is 0 Å². The van der Waals surface area contributed by atoms with Crippen LogP contribution in [0.3, 0.4) is 0 Å². The van der Waals surface area contributed by atoms with E-state index >= 15 is 0 Å². The molecule has 0 amide bonds. The first-order valence-corrected chi connectivity index (χ1v) is 3.72. The molecule has 1 heterocycles. The molecular formula is H8CaMgO5P2. The third kappa shape index (κ3) is 4.30. The van der Waals surface area contributed by atoms with Crippen LogP contribution in [0.25, 0.3) is 0 Å². The van der Waals surface area contributed by atoms with E-state index in [2.05, 4.69) is 13.7 Å². The van der Waals surface area contributed by atoms with Gasteiger partial charge in [-0.25, -0.2) is 0 Å². The predicted molar refractivity (Wildman–Crippen MR) is 41.4 cm³/mol. The molecule has 0 aliphatic carbocycles. The molecule has 0 bridgehead atoms. The minimum Gasteiger partial charge on any atom is 0.316 e. The number of hydrogen-bond acceptors (Lipinski definition) is 5. The van der Waals surface area contributed by atoms with E-state index in [9.17, 15) is 0 Å². The molecule has 2 N–H and O–H groups in total. The Morgan fingerprint density at radius 1 is 1.33 bits per heavy atom. The van der Waals surface area contributed by atoms with Crippen molar-refractivity contribution in [2.45, 2.75) is 0 Å². The third-order valence-corrected chi connectivity index (χ3v) is 2.43. The summed E-state index contributed by atoms with van der Waals surface area (Å²) >= 11 is 0. The maximum atomic E-state index is 8.40. The Balaban J connectivity index is 0. The van der Waals surface area contributed by atoms with Crippen LogP contribution in [0.15, 0.2) is 0 Å². The van der Waals surface area contributed by atoms with E-state index in [1.54, 1.807) is 9.47 Å². The van der Waals surface area contributed by atoms with Gasteiger partial charge in [-0.1, -0.05) is 0 Å². The SMILES string of the molecule is OP1(O)(OP)OO1.[CaH2].[MgH2]. The molecule has 0 aromatic heterocycles. The molecule has 5 nitrogen and oxygen atoms in total. The second kappa shape index (κ2) is 4.07. The molecule has 9 heteroatoms. The van der Waals surface area contributed by atoms with Gasteiger partial charge >= 0.3 is 101 Å². The summed E-state index contributed by atoms with van der Waals surface area (Å²) in [5.41, 5.74) is 0. The van der Waals surface area contributed by atoms with Crippen molar-refractivity contribution in [3.63, 3.8) is 0 Å². The van der Waals surface area contributed by atoms with Crippen LogP contribution in [0.2, 0.25) is 0 Å². The van der Waals surface area contributed by atoms with Crippen molar-refractivity contribution in [1.29, 1.82) is 0 Å². The predicted octanol–water partition coefficient (Wildman–Crippen LogP) is -1.96. The molecule has 1 fully saturated rings. The van der Waals surface area contributed by atoms with Gasteiger partial charge in [-0.3, -0.25) is 0 Å². The van der Waals surface area contributed by atoms with E-state index in [0.717, 1.165) is 0 Å². The molecule has 0 saturated carbocycles. The first-order chi connectivity index (χ1) is 3.05. The van der Waals surface area contributed by atoms with Crippen molar-refractivity contribution in [2.24, 2.45) is 0 Å². The maximum Gasteiger partial charge on any atom is 0.316 e. The van der Waals surface area contributed by atoms with Crippen LogP contribution < -0.4 is 0 Å². The van der Waals surface area contributed by atoms with Crippen LogP contribution in [-0.4, -0.2) is 70.6 Å². The average molecular weight is 214 g/mol. The van der Waals surface area contributed by atoms with E-state index in [-0.39, 0.29) is 60.8 Å². The number of rotatable bonds is 1. The molecule has 9 heavy (non-hydrogen) atoms. The van der Waals surface area contributed by atoms with Gasteiger partial charge in [0.15, 0.2) is 0 Å². The first-order valence-electron chi connectivity index (χ1n) is 1.35. The molecular weight excluding hydrogens is 206 g/mol. The summed E-state index contributed by atoms with van der Waals surface area (Å²) < 4.78 is 11.4. The number of hydrogen-bond donors (Lipinski definition) is 2. The van der Waals surface area contributed by atoms with E-state index in [1.165, 1.54) is 0 Å². The Morgan fingerprint density at radius 3 is 1.67 bits per heavy atom. The van der Waals surface area contributed by atoms with Crippen LogP contribution in [0, 0.1) is 0 Å². The van der Waals surface area contributed by atoms with Crippen molar-refractivity contribution in [3.8, 4) is 0 Å². The fraction of sp³-hybridized carbons (Fsp3) is 0. The van der Waals surface area contributed by atoms with Gasteiger partial charge in [0.05, 0.1) is 0 Å². The van der Waals surface area contributed by atoms with Crippen molar-refractivity contribution in [1.82, 2.24) is 0 Å². The first kappa shape index (κ1) is 14.2. The standard InChI is InChI=1S/Ca.Mg.H4O5P2.4H/c;;1-7(2,5-6)3-4-7;;;;/h;;1-2H,6H2;;;;. The molecule has 1 atom stereocenters. The molecule has 1 unspecified atom stereocenters. The second-order valence-electron chi connectivity index (χ2n) is 1.06. The largest absolute Gasteiger partial charge is 0.316 e. The minimum absolute atomic E-state index is 0. The zero-order chi connectivity index (χ0) is 5.57. The van der Waals surface area contributed by atoms with Gasteiger partial charge in [0.1, 0.15) is 0 Å². The third-order valence-electron chi connectivity index (χ3n) is 0.449. The molecule has 0 aromatic rings. The van der Waals surface area contributed by atoms with Gasteiger partial charge in [-0.15, -0.1) is 0 Å². The normalized spacial score (nSPS) is 29.9. The smallest absolute Gasteiger partial charge is 0.316 e. The Morgan fingerprint density at radius 2 is 1.67 bits per heavy atom. The van der Waals surface area contributed by atoms with Gasteiger partial charge in [0.25, 0.3) is 0 Å². The Hall–Kier alpha value is 2.69. The molecule has 1 aliphatic heterocycles. The summed E-state index contributed by atoms with van der Waals surface area (Å²) in [4.78, 5) is 16.8. The van der Waals surface area contributed by atoms with Gasteiger partial charge in [-0.2, -0.15) is 0 Å². The molecule has 0 spiro atoms. The van der Waals surface area contributed by atoms with Gasteiger partial charge in [0, 0.05) is 0 Å². The minimum atomic E-state index is -4.36. The monoisotopic (exact) mass is 214 g/mol. The molecule has 0 radical (unpaired) electrons. The quantitative estimate of drug-likeness (QED) is 0.229. The van der Waals surface area contributed by atoms with Crippen LogP contribution in [0.1, 0.15) is 0 Å². The maximum absolute atomic E-state index is 8.40. The Labute approximate surface area is 100 Å². The summed E-state index contributed by atoms with van der Waals surface area (Å²) in [6.07, 6.45) is 0. The molecule has 1 rings (SSSR count). The van der Waals surface area contributed by atoms with Crippen molar-refractivity contribution >= 4 is 78.0 Å². The zero-order valence-electron chi connectivity index (χ0n) is 3.14. The van der Waals surface area contributed by atoms with Crippen molar-refractivity contribution < 1.29 is 23.4 Å². The fourth-order valence-electron chi connectivity index (χ4n) is 0.0786. The summed E-state index contributed by atoms with van der Waals surface area (Å²) in [5, 5.41) is 0. The van der Waals surface area contributed by atoms with Gasteiger partial charge < -0.3 is 0 Å². The molecule has 0 aromatic carbocycles. The van der Waals surface area contributed by atoms with E-state index in [1.807, 2.05) is 0 Å². The van der Waals surface area contributed by atoms with E-state index in [4.69, 9.17) is 9.79 Å². The fourth-order valence-corrected chi connectivity index (χ4v) is 0.707. The van der Waals surface area contributed by atoms with Crippen molar-refractivity contribution in [3.05, 3.63) is 0 Å². The van der Waals surface area contributed by atoms with Gasteiger partial charge in [0.2, 0.25) is 0 Å². The topological polar surface area (TPSA) is 74.8 Å². The average Bonchev–Trinajstić information content (AvgIpc) is 2.20. The Kier molecular flexibility index (Phi) is 6.44.